The molecule has 1 N–H and O–H groups in total. The Hall–Kier alpha value is -1.88. The van der Waals surface area contributed by atoms with Crippen LogP contribution < -0.4 is 10.1 Å². The number of halogens is 1. The summed E-state index contributed by atoms with van der Waals surface area (Å²) in [5.74, 6) is 0.844. The highest BCUT2D eigenvalue weighted by Gasteiger charge is 2.09. The van der Waals surface area contributed by atoms with Gasteiger partial charge in [-0.2, -0.15) is 0 Å². The highest BCUT2D eigenvalue weighted by atomic mass is 35.5. The van der Waals surface area contributed by atoms with E-state index in [9.17, 15) is 0 Å². The molecule has 0 aliphatic heterocycles. The molecule has 124 valence electrons. The lowest BCUT2D eigenvalue weighted by Gasteiger charge is -2.13. The molecule has 0 radical (unpaired) electrons. The molecule has 0 bridgehead atoms. The van der Waals surface area contributed by atoms with Crippen LogP contribution in [0.15, 0.2) is 53.9 Å². The number of nitrogens with zero attached hydrogens (tertiary/aromatic N) is 1. The molecule has 0 aliphatic rings. The third kappa shape index (κ3) is 4.15. The molecule has 0 saturated carbocycles. The van der Waals surface area contributed by atoms with Gasteiger partial charge in [-0.25, -0.2) is 4.98 Å². The van der Waals surface area contributed by atoms with Crippen LogP contribution in [0.25, 0.3) is 10.6 Å². The Balaban J connectivity index is 1.65. The lowest BCUT2D eigenvalue weighted by Crippen LogP contribution is -2.18. The summed E-state index contributed by atoms with van der Waals surface area (Å²) in [4.78, 5) is 4.71. The zero-order valence-electron chi connectivity index (χ0n) is 13.6. The van der Waals surface area contributed by atoms with Crippen molar-refractivity contribution >= 4 is 22.9 Å². The van der Waals surface area contributed by atoms with E-state index in [1.54, 1.807) is 18.4 Å². The lowest BCUT2D eigenvalue weighted by molar-refractivity contribution is 0.415. The average Bonchev–Trinajstić information content (AvgIpc) is 3.09. The molecule has 0 amide bonds. The van der Waals surface area contributed by atoms with E-state index >= 15 is 0 Å². The van der Waals surface area contributed by atoms with Crippen molar-refractivity contribution in [2.45, 2.75) is 19.5 Å². The number of rotatable bonds is 6. The minimum atomic E-state index is 0.214. The van der Waals surface area contributed by atoms with Crippen molar-refractivity contribution in [1.29, 1.82) is 0 Å². The molecule has 1 aromatic heterocycles. The monoisotopic (exact) mass is 358 g/mol. The van der Waals surface area contributed by atoms with Crippen molar-refractivity contribution in [3.05, 3.63) is 70.2 Å². The molecule has 3 nitrogen and oxygen atoms in total. The summed E-state index contributed by atoms with van der Waals surface area (Å²) in [6, 6.07) is 16.1. The van der Waals surface area contributed by atoms with E-state index in [1.165, 1.54) is 5.56 Å². The second-order valence-electron chi connectivity index (χ2n) is 5.53. The summed E-state index contributed by atoms with van der Waals surface area (Å²) in [7, 11) is 1.67. The molecule has 24 heavy (non-hydrogen) atoms. The van der Waals surface area contributed by atoms with Crippen LogP contribution >= 0.6 is 22.9 Å². The molecule has 3 aromatic rings. The predicted octanol–water partition coefficient (Wildman–Crippen LogP) is 5.32. The molecule has 0 aliphatic carbocycles. The third-order valence-corrected chi connectivity index (χ3v) is 4.98. The zero-order valence-corrected chi connectivity index (χ0v) is 15.2. The molecule has 1 atom stereocenters. The van der Waals surface area contributed by atoms with Crippen LogP contribution in [0, 0.1) is 0 Å². The summed E-state index contributed by atoms with van der Waals surface area (Å²) in [6.45, 7) is 2.84. The topological polar surface area (TPSA) is 34.1 Å². The van der Waals surface area contributed by atoms with Crippen LogP contribution in [-0.4, -0.2) is 12.1 Å². The van der Waals surface area contributed by atoms with Gasteiger partial charge in [0.25, 0.3) is 0 Å². The number of benzene rings is 2. The number of nitrogens with one attached hydrogen (secondary N) is 1. The Kier molecular flexibility index (Phi) is 5.51. The summed E-state index contributed by atoms with van der Waals surface area (Å²) >= 11 is 7.70. The molecule has 1 unspecified atom stereocenters. The SMILES string of the molecule is COc1cccc(-c2nc(CNC(C)c3cccc(Cl)c3)cs2)c1. The van der Waals surface area contributed by atoms with Crippen LogP contribution in [0.2, 0.25) is 5.02 Å². The van der Waals surface area contributed by atoms with Gasteiger partial charge in [0.15, 0.2) is 0 Å². The maximum absolute atomic E-state index is 6.05. The second-order valence-corrected chi connectivity index (χ2v) is 6.83. The predicted molar refractivity (Wildman–Crippen MR) is 101 cm³/mol. The lowest BCUT2D eigenvalue weighted by atomic mass is 10.1. The van der Waals surface area contributed by atoms with Gasteiger partial charge in [-0.05, 0) is 36.8 Å². The Labute approximate surface area is 151 Å². The fourth-order valence-electron chi connectivity index (χ4n) is 2.43. The Morgan fingerprint density at radius 2 is 2.04 bits per heavy atom. The van der Waals surface area contributed by atoms with E-state index in [4.69, 9.17) is 21.3 Å². The van der Waals surface area contributed by atoms with Crippen LogP contribution in [0.3, 0.4) is 0 Å². The van der Waals surface area contributed by atoms with E-state index in [2.05, 4.69) is 23.7 Å². The standard InChI is InChI=1S/C19H19ClN2OS/c1-13(14-5-3-7-16(20)9-14)21-11-17-12-24-19(22-17)15-6-4-8-18(10-15)23-2/h3-10,12-13,21H,11H2,1-2H3. The normalized spacial score (nSPS) is 12.1. The minimum absolute atomic E-state index is 0.214. The minimum Gasteiger partial charge on any atom is -0.497 e. The van der Waals surface area contributed by atoms with Crippen LogP contribution in [0.1, 0.15) is 24.2 Å². The summed E-state index contributed by atoms with van der Waals surface area (Å²) in [5.41, 5.74) is 3.28. The first-order valence-electron chi connectivity index (χ1n) is 7.73. The number of ether oxygens (including phenoxy) is 1. The molecular weight excluding hydrogens is 340 g/mol. The Bertz CT molecular complexity index is 818. The molecule has 0 spiro atoms. The molecule has 0 saturated heterocycles. The zero-order chi connectivity index (χ0) is 16.9. The van der Waals surface area contributed by atoms with Gasteiger partial charge in [0.05, 0.1) is 12.8 Å². The van der Waals surface area contributed by atoms with Crippen LogP contribution in [0.5, 0.6) is 5.75 Å². The van der Waals surface area contributed by atoms with E-state index in [0.717, 1.165) is 27.0 Å². The maximum atomic E-state index is 6.05. The van der Waals surface area contributed by atoms with Gasteiger partial charge >= 0.3 is 0 Å². The highest BCUT2D eigenvalue weighted by Crippen LogP contribution is 2.27. The average molecular weight is 359 g/mol. The van der Waals surface area contributed by atoms with E-state index in [0.29, 0.717) is 6.54 Å². The van der Waals surface area contributed by atoms with Crippen LogP contribution in [-0.2, 0) is 6.54 Å². The van der Waals surface area contributed by atoms with E-state index in [-0.39, 0.29) is 6.04 Å². The van der Waals surface area contributed by atoms with Crippen molar-refractivity contribution < 1.29 is 4.74 Å². The van der Waals surface area contributed by atoms with Gasteiger partial charge in [-0.1, -0.05) is 35.9 Å². The number of hydrogen-bond acceptors (Lipinski definition) is 4. The quantitative estimate of drug-likeness (QED) is 0.647. The van der Waals surface area contributed by atoms with Gasteiger partial charge in [0.2, 0.25) is 0 Å². The highest BCUT2D eigenvalue weighted by molar-refractivity contribution is 7.13. The molecule has 3 rings (SSSR count). The first-order valence-corrected chi connectivity index (χ1v) is 8.99. The van der Waals surface area contributed by atoms with Crippen LogP contribution in [0.4, 0.5) is 0 Å². The van der Waals surface area contributed by atoms with E-state index < -0.39 is 0 Å². The van der Waals surface area contributed by atoms with Crippen molar-refractivity contribution in [2.24, 2.45) is 0 Å². The molecule has 5 heteroatoms. The van der Waals surface area contributed by atoms with Crippen molar-refractivity contribution in [3.63, 3.8) is 0 Å². The number of hydrogen-bond donors (Lipinski definition) is 1. The van der Waals surface area contributed by atoms with Crippen molar-refractivity contribution in [1.82, 2.24) is 10.3 Å². The molecule has 2 aromatic carbocycles. The van der Waals surface area contributed by atoms with Gasteiger partial charge in [-0.15, -0.1) is 11.3 Å². The van der Waals surface area contributed by atoms with Crippen molar-refractivity contribution in [3.8, 4) is 16.3 Å². The number of aromatic nitrogens is 1. The first kappa shape index (κ1) is 17.0. The fourth-order valence-corrected chi connectivity index (χ4v) is 3.44. The Morgan fingerprint density at radius 3 is 2.83 bits per heavy atom. The summed E-state index contributed by atoms with van der Waals surface area (Å²) in [5, 5.41) is 7.34. The van der Waals surface area contributed by atoms with E-state index in [1.807, 2.05) is 42.5 Å². The second kappa shape index (κ2) is 7.79. The third-order valence-electron chi connectivity index (χ3n) is 3.81. The van der Waals surface area contributed by atoms with Gasteiger partial charge < -0.3 is 10.1 Å². The summed E-state index contributed by atoms with van der Waals surface area (Å²) < 4.78 is 5.27. The molecule has 0 fully saturated rings. The fraction of sp³-hybridized carbons (Fsp3) is 0.211. The Morgan fingerprint density at radius 1 is 1.21 bits per heavy atom. The van der Waals surface area contributed by atoms with Gasteiger partial charge in [0.1, 0.15) is 10.8 Å². The maximum Gasteiger partial charge on any atom is 0.123 e. The summed E-state index contributed by atoms with van der Waals surface area (Å²) in [6.07, 6.45) is 0. The number of thiazole rings is 1. The smallest absolute Gasteiger partial charge is 0.123 e. The molecular formula is C19H19ClN2OS. The van der Waals surface area contributed by atoms with Gasteiger partial charge in [0, 0.05) is 28.6 Å². The first-order chi connectivity index (χ1) is 11.7. The number of methoxy groups -OCH3 is 1. The van der Waals surface area contributed by atoms with Gasteiger partial charge in [-0.3, -0.25) is 0 Å². The largest absolute Gasteiger partial charge is 0.497 e. The van der Waals surface area contributed by atoms with Crippen molar-refractivity contribution in [2.75, 3.05) is 7.11 Å². The molecule has 1 heterocycles.